The third kappa shape index (κ3) is 6.25. The van der Waals surface area contributed by atoms with E-state index in [9.17, 15) is 24.3 Å². The smallest absolute Gasteiger partial charge is 0.340 e. The normalized spacial score (nSPS) is 14.3. The minimum Gasteiger partial charge on any atom is -0.480 e. The predicted octanol–water partition coefficient (Wildman–Crippen LogP) is 4.76. The zero-order chi connectivity index (χ0) is 29.8. The van der Waals surface area contributed by atoms with Crippen LogP contribution in [0.15, 0.2) is 56.1 Å². The molecule has 0 saturated carbocycles. The first-order chi connectivity index (χ1) is 20.2. The fraction of sp³-hybridized carbons (Fsp3) is 0.394. The van der Waals surface area contributed by atoms with Gasteiger partial charge < -0.3 is 24.6 Å². The van der Waals surface area contributed by atoms with Crippen molar-refractivity contribution in [2.75, 3.05) is 0 Å². The summed E-state index contributed by atoms with van der Waals surface area (Å²) < 4.78 is 11.7. The third-order valence-corrected chi connectivity index (χ3v) is 8.10. The van der Waals surface area contributed by atoms with E-state index in [4.69, 9.17) is 8.83 Å². The molecule has 0 fully saturated rings. The van der Waals surface area contributed by atoms with Crippen LogP contribution >= 0.6 is 0 Å². The van der Waals surface area contributed by atoms with Crippen LogP contribution in [-0.2, 0) is 40.1 Å². The number of carboxylic acid groups (broad SMARTS) is 1. The van der Waals surface area contributed by atoms with Gasteiger partial charge in [-0.2, -0.15) is 0 Å². The van der Waals surface area contributed by atoms with Gasteiger partial charge in [0, 0.05) is 35.2 Å². The van der Waals surface area contributed by atoms with Crippen LogP contribution < -0.4 is 16.3 Å². The van der Waals surface area contributed by atoms with Crippen LogP contribution in [0.25, 0.3) is 21.9 Å². The van der Waals surface area contributed by atoms with E-state index in [0.717, 1.165) is 54.2 Å². The maximum Gasteiger partial charge on any atom is 0.340 e. The van der Waals surface area contributed by atoms with Gasteiger partial charge in [0.25, 0.3) is 0 Å². The molecule has 0 radical (unpaired) electrons. The van der Waals surface area contributed by atoms with E-state index in [1.165, 1.54) is 5.56 Å². The Morgan fingerprint density at radius 2 is 1.69 bits per heavy atom. The van der Waals surface area contributed by atoms with E-state index in [1.54, 1.807) is 37.3 Å². The number of carboxylic acids is 1. The summed E-state index contributed by atoms with van der Waals surface area (Å²) in [7, 11) is 0. The molecule has 220 valence electrons. The summed E-state index contributed by atoms with van der Waals surface area (Å²) in [4.78, 5) is 51.3. The van der Waals surface area contributed by atoms with Gasteiger partial charge in [0.05, 0.1) is 12.0 Å². The van der Waals surface area contributed by atoms with Crippen molar-refractivity contribution in [2.45, 2.75) is 83.7 Å². The number of carbonyl (C=O) groups excluding carboxylic acids is 2. The van der Waals surface area contributed by atoms with Gasteiger partial charge in [0.2, 0.25) is 11.8 Å². The first kappa shape index (κ1) is 29.1. The van der Waals surface area contributed by atoms with Gasteiger partial charge in [-0.1, -0.05) is 50.1 Å². The largest absolute Gasteiger partial charge is 0.480 e. The highest BCUT2D eigenvalue weighted by molar-refractivity contribution is 5.97. The van der Waals surface area contributed by atoms with E-state index < -0.39 is 35.5 Å². The molecule has 3 N–H and O–H groups in total. The van der Waals surface area contributed by atoms with Crippen molar-refractivity contribution in [3.63, 3.8) is 0 Å². The van der Waals surface area contributed by atoms with Gasteiger partial charge in [-0.25, -0.2) is 9.59 Å². The minimum absolute atomic E-state index is 0.112. The van der Waals surface area contributed by atoms with Gasteiger partial charge in [0.15, 0.2) is 0 Å². The lowest BCUT2D eigenvalue weighted by Gasteiger charge is -2.22. The number of carbonyl (C=O) groups is 3. The molecule has 9 nitrogen and oxygen atoms in total. The fourth-order valence-electron chi connectivity index (χ4n) is 5.75. The van der Waals surface area contributed by atoms with Crippen LogP contribution in [0.1, 0.15) is 67.0 Å². The molecule has 2 atom stereocenters. The fourth-order valence-corrected chi connectivity index (χ4v) is 5.75. The highest BCUT2D eigenvalue weighted by atomic mass is 16.4. The summed E-state index contributed by atoms with van der Waals surface area (Å²) in [5, 5.41) is 16.8. The number of benzene rings is 2. The standard InChI is InChI=1S/C33H36N2O7/c1-3-4-13-25(31(37)35-26(32(38)39)15-20-10-6-5-7-11-20)34-30(36)17-23-19(2)22-16-24-21-12-8-9-14-27(21)41-29(24)18-28(22)42-33(23)40/h5-7,10-11,16,18,25-26H,3-4,8-9,12-15,17H2,1-2H3,(H,34,36)(H,35,37)(H,38,39)/t25-,26-/m1/s1. The van der Waals surface area contributed by atoms with E-state index in [1.807, 2.05) is 19.1 Å². The Balaban J connectivity index is 1.35. The zero-order valence-corrected chi connectivity index (χ0v) is 24.0. The SMILES string of the molecule is CCCC[C@@H](NC(=O)Cc1c(C)c2cc3c4c(oc3cc2oc1=O)CCCC4)C(=O)N[C@H](Cc1ccccc1)C(=O)O. The number of fused-ring (bicyclic) bond motifs is 4. The number of amides is 2. The number of nitrogens with one attached hydrogen (secondary N) is 2. The number of aryl methyl sites for hydroxylation is 3. The highest BCUT2D eigenvalue weighted by Crippen LogP contribution is 2.35. The summed E-state index contributed by atoms with van der Waals surface area (Å²) in [5.74, 6) is -1.27. The average Bonchev–Trinajstić information content (AvgIpc) is 3.34. The Morgan fingerprint density at radius 1 is 0.952 bits per heavy atom. The van der Waals surface area contributed by atoms with Crippen molar-refractivity contribution in [3.05, 3.63) is 80.9 Å². The molecule has 2 amide bonds. The minimum atomic E-state index is -1.16. The second-order valence-electron chi connectivity index (χ2n) is 11.1. The van der Waals surface area contributed by atoms with Gasteiger partial charge in [-0.05, 0) is 49.8 Å². The highest BCUT2D eigenvalue weighted by Gasteiger charge is 2.27. The molecule has 0 saturated heterocycles. The molecular formula is C33H36N2O7. The van der Waals surface area contributed by atoms with Crippen molar-refractivity contribution < 1.29 is 28.3 Å². The van der Waals surface area contributed by atoms with E-state index in [-0.39, 0.29) is 18.4 Å². The quantitative estimate of drug-likeness (QED) is 0.220. The Hall–Kier alpha value is -4.40. The molecule has 0 spiro atoms. The maximum absolute atomic E-state index is 13.2. The lowest BCUT2D eigenvalue weighted by molar-refractivity contribution is -0.142. The third-order valence-electron chi connectivity index (χ3n) is 8.10. The number of hydrogen-bond donors (Lipinski definition) is 3. The molecule has 0 unspecified atom stereocenters. The number of rotatable bonds is 11. The first-order valence-electron chi connectivity index (χ1n) is 14.6. The molecule has 9 heteroatoms. The summed E-state index contributed by atoms with van der Waals surface area (Å²) in [6.07, 6.45) is 5.62. The van der Waals surface area contributed by atoms with Gasteiger partial charge in [0.1, 0.15) is 29.0 Å². The van der Waals surface area contributed by atoms with Crippen LogP contribution in [0.5, 0.6) is 0 Å². The Labute approximate surface area is 243 Å². The van der Waals surface area contributed by atoms with Gasteiger partial charge >= 0.3 is 11.6 Å². The lowest BCUT2D eigenvalue weighted by Crippen LogP contribution is -2.52. The molecule has 2 aromatic heterocycles. The monoisotopic (exact) mass is 572 g/mol. The Morgan fingerprint density at radius 3 is 2.43 bits per heavy atom. The number of aliphatic carboxylic acids is 1. The molecule has 5 rings (SSSR count). The maximum atomic E-state index is 13.2. The molecule has 4 aromatic rings. The van der Waals surface area contributed by atoms with Crippen molar-refractivity contribution in [2.24, 2.45) is 0 Å². The van der Waals surface area contributed by atoms with E-state index in [0.29, 0.717) is 29.6 Å². The molecule has 2 heterocycles. The number of furan rings is 1. The van der Waals surface area contributed by atoms with Gasteiger partial charge in [-0.15, -0.1) is 0 Å². The molecule has 1 aliphatic carbocycles. The topological polar surface area (TPSA) is 139 Å². The van der Waals surface area contributed by atoms with Crippen molar-refractivity contribution in [1.82, 2.24) is 10.6 Å². The van der Waals surface area contributed by atoms with Crippen LogP contribution in [0, 0.1) is 6.92 Å². The van der Waals surface area contributed by atoms with Crippen LogP contribution in [0.4, 0.5) is 0 Å². The molecule has 0 aliphatic heterocycles. The Kier molecular flexibility index (Phi) is 8.75. The molecule has 1 aliphatic rings. The first-order valence-corrected chi connectivity index (χ1v) is 14.6. The zero-order valence-electron chi connectivity index (χ0n) is 24.0. The summed E-state index contributed by atoms with van der Waals surface area (Å²) >= 11 is 0. The second-order valence-corrected chi connectivity index (χ2v) is 11.1. The van der Waals surface area contributed by atoms with Gasteiger partial charge in [-0.3, -0.25) is 9.59 Å². The number of hydrogen-bond acceptors (Lipinski definition) is 6. The van der Waals surface area contributed by atoms with Crippen LogP contribution in [0.2, 0.25) is 0 Å². The number of unbranched alkanes of at least 4 members (excludes halogenated alkanes) is 1. The molecule has 2 aromatic carbocycles. The summed E-state index contributed by atoms with van der Waals surface area (Å²) in [6, 6.07) is 10.7. The molecule has 0 bridgehead atoms. The van der Waals surface area contributed by atoms with Crippen LogP contribution in [-0.4, -0.2) is 35.0 Å². The van der Waals surface area contributed by atoms with E-state index >= 15 is 0 Å². The van der Waals surface area contributed by atoms with Crippen molar-refractivity contribution in [1.29, 1.82) is 0 Å². The van der Waals surface area contributed by atoms with Crippen molar-refractivity contribution >= 4 is 39.7 Å². The summed E-state index contributed by atoms with van der Waals surface area (Å²) in [6.45, 7) is 3.76. The Bertz CT molecular complexity index is 1690. The average molecular weight is 573 g/mol. The molecule has 42 heavy (non-hydrogen) atoms. The second kappa shape index (κ2) is 12.6. The lowest BCUT2D eigenvalue weighted by atomic mass is 9.94. The van der Waals surface area contributed by atoms with Crippen molar-refractivity contribution in [3.8, 4) is 0 Å². The summed E-state index contributed by atoms with van der Waals surface area (Å²) in [5.41, 5.74) is 3.31. The van der Waals surface area contributed by atoms with Crippen LogP contribution in [0.3, 0.4) is 0 Å². The predicted molar refractivity (Wildman–Crippen MR) is 159 cm³/mol. The molecular weight excluding hydrogens is 536 g/mol. The van der Waals surface area contributed by atoms with E-state index in [2.05, 4.69) is 10.6 Å².